The average molecular weight is 356 g/mol. The Morgan fingerprint density at radius 2 is 1.96 bits per heavy atom. The molecule has 0 unspecified atom stereocenters. The van der Waals surface area contributed by atoms with E-state index in [-0.39, 0.29) is 0 Å². The van der Waals surface area contributed by atoms with Crippen molar-refractivity contribution >= 4 is 22.1 Å². The van der Waals surface area contributed by atoms with Crippen LogP contribution in [0.25, 0.3) is 33.3 Å². The third kappa shape index (κ3) is 2.69. The molecule has 1 N–H and O–H groups in total. The van der Waals surface area contributed by atoms with Gasteiger partial charge in [-0.1, -0.05) is 12.1 Å². The van der Waals surface area contributed by atoms with Crippen LogP contribution < -0.4 is 4.74 Å². The molecule has 132 valence electrons. The predicted octanol–water partition coefficient (Wildman–Crippen LogP) is 4.18. The monoisotopic (exact) mass is 356 g/mol. The highest BCUT2D eigenvalue weighted by atomic mass is 16.5. The lowest BCUT2D eigenvalue weighted by molar-refractivity contribution is 0.432. The minimum Gasteiger partial charge on any atom is -0.407 e. The van der Waals surface area contributed by atoms with Gasteiger partial charge in [0.25, 0.3) is 0 Å². The van der Waals surface area contributed by atoms with E-state index in [4.69, 9.17) is 4.74 Å². The van der Waals surface area contributed by atoms with Gasteiger partial charge in [-0.05, 0) is 37.3 Å². The number of aromatic amines is 1. The topological polar surface area (TPSA) is 81.5 Å². The number of imidazole rings is 1. The second kappa shape index (κ2) is 6.21. The first-order valence-corrected chi connectivity index (χ1v) is 8.72. The fourth-order valence-electron chi connectivity index (χ4n) is 3.10. The summed E-state index contributed by atoms with van der Waals surface area (Å²) in [6.45, 7) is 2.84. The summed E-state index contributed by atoms with van der Waals surface area (Å²) in [4.78, 5) is 16.4. The van der Waals surface area contributed by atoms with Gasteiger partial charge in [-0.25, -0.2) is 4.98 Å². The number of aromatic nitrogens is 6. The molecule has 0 radical (unpaired) electrons. The molecule has 27 heavy (non-hydrogen) atoms. The first-order chi connectivity index (χ1) is 13.3. The number of rotatable bonds is 4. The summed E-state index contributed by atoms with van der Waals surface area (Å²) in [5.74, 6) is 0.463. The zero-order valence-corrected chi connectivity index (χ0v) is 14.6. The number of H-pyrrole nitrogens is 1. The molecular formula is C20H16N6O. The minimum absolute atomic E-state index is 0.416. The van der Waals surface area contributed by atoms with E-state index in [0.29, 0.717) is 11.9 Å². The Morgan fingerprint density at radius 3 is 2.78 bits per heavy atom. The molecule has 0 amide bonds. The third-order valence-corrected chi connectivity index (χ3v) is 4.39. The zero-order valence-electron chi connectivity index (χ0n) is 14.6. The van der Waals surface area contributed by atoms with Crippen LogP contribution in [0.15, 0.2) is 60.9 Å². The number of aryl methyl sites for hydroxylation is 1. The van der Waals surface area contributed by atoms with E-state index in [0.717, 1.165) is 39.9 Å². The maximum atomic E-state index is 5.75. The lowest BCUT2D eigenvalue weighted by Crippen LogP contribution is -1.96. The molecule has 7 heteroatoms. The van der Waals surface area contributed by atoms with Gasteiger partial charge in [0.05, 0.1) is 16.6 Å². The van der Waals surface area contributed by atoms with Gasteiger partial charge in [-0.15, -0.1) is 0 Å². The molecule has 0 bridgehead atoms. The number of fused-ring (bicyclic) bond motifs is 2. The number of nitrogens with zero attached hydrogens (tertiary/aromatic N) is 5. The van der Waals surface area contributed by atoms with Crippen LogP contribution in [0.5, 0.6) is 11.9 Å². The first kappa shape index (κ1) is 15.5. The number of hydrogen-bond acceptors (Lipinski definition) is 5. The minimum atomic E-state index is 0.416. The number of pyridine rings is 2. The van der Waals surface area contributed by atoms with Crippen LogP contribution in [-0.2, 0) is 6.54 Å². The van der Waals surface area contributed by atoms with Gasteiger partial charge in [0.2, 0.25) is 5.88 Å². The average Bonchev–Trinajstić information content (AvgIpc) is 3.29. The van der Waals surface area contributed by atoms with Gasteiger partial charge in [0.1, 0.15) is 11.2 Å². The van der Waals surface area contributed by atoms with E-state index in [2.05, 4.69) is 32.0 Å². The molecule has 4 heterocycles. The summed E-state index contributed by atoms with van der Waals surface area (Å²) in [7, 11) is 0. The number of benzene rings is 1. The third-order valence-electron chi connectivity index (χ3n) is 4.39. The van der Waals surface area contributed by atoms with Crippen LogP contribution in [0.4, 0.5) is 0 Å². The van der Waals surface area contributed by atoms with E-state index in [9.17, 15) is 0 Å². The lowest BCUT2D eigenvalue weighted by atomic mass is 10.2. The van der Waals surface area contributed by atoms with Crippen molar-refractivity contribution in [3.8, 4) is 23.1 Å². The second-order valence-corrected chi connectivity index (χ2v) is 6.08. The smallest absolute Gasteiger partial charge is 0.301 e. The van der Waals surface area contributed by atoms with Crippen molar-refractivity contribution in [1.29, 1.82) is 0 Å². The number of nitrogens with one attached hydrogen (secondary N) is 1. The summed E-state index contributed by atoms with van der Waals surface area (Å²) in [6, 6.07) is 15.9. The molecule has 0 aliphatic heterocycles. The maximum Gasteiger partial charge on any atom is 0.301 e. The molecule has 0 spiro atoms. The molecule has 0 saturated carbocycles. The first-order valence-electron chi connectivity index (χ1n) is 8.72. The van der Waals surface area contributed by atoms with Gasteiger partial charge in [0, 0.05) is 30.6 Å². The van der Waals surface area contributed by atoms with E-state index in [1.807, 2.05) is 53.2 Å². The molecule has 0 atom stereocenters. The molecule has 4 aromatic heterocycles. The molecule has 0 saturated heterocycles. The van der Waals surface area contributed by atoms with Crippen molar-refractivity contribution in [2.24, 2.45) is 0 Å². The fourth-order valence-corrected chi connectivity index (χ4v) is 3.10. The van der Waals surface area contributed by atoms with Gasteiger partial charge in [-0.2, -0.15) is 10.1 Å². The number of para-hydroxylation sites is 2. The summed E-state index contributed by atoms with van der Waals surface area (Å²) in [5, 5.41) is 4.68. The van der Waals surface area contributed by atoms with Gasteiger partial charge in [0.15, 0.2) is 0 Å². The van der Waals surface area contributed by atoms with E-state index >= 15 is 0 Å². The molecule has 0 aliphatic rings. The van der Waals surface area contributed by atoms with E-state index < -0.39 is 0 Å². The largest absolute Gasteiger partial charge is 0.407 e. The second-order valence-electron chi connectivity index (χ2n) is 6.08. The molecule has 7 nitrogen and oxygen atoms in total. The van der Waals surface area contributed by atoms with Crippen LogP contribution in [0, 0.1) is 0 Å². The highest BCUT2D eigenvalue weighted by Crippen LogP contribution is 2.27. The summed E-state index contributed by atoms with van der Waals surface area (Å²) < 4.78 is 7.69. The lowest BCUT2D eigenvalue weighted by Gasteiger charge is -2.02. The van der Waals surface area contributed by atoms with Crippen LogP contribution in [0.3, 0.4) is 0 Å². The Morgan fingerprint density at radius 1 is 1.04 bits per heavy atom. The molecule has 1 aromatic carbocycles. The van der Waals surface area contributed by atoms with Crippen LogP contribution >= 0.6 is 0 Å². The number of ether oxygens (including phenoxy) is 1. The molecule has 5 rings (SSSR count). The zero-order chi connectivity index (χ0) is 18.2. The van der Waals surface area contributed by atoms with Crippen molar-refractivity contribution in [2.45, 2.75) is 13.5 Å². The fraction of sp³-hybridized carbons (Fsp3) is 0.100. The Balaban J connectivity index is 1.47. The molecular weight excluding hydrogens is 340 g/mol. The Labute approximate surface area is 154 Å². The molecule has 5 aromatic rings. The van der Waals surface area contributed by atoms with Crippen LogP contribution in [0.2, 0.25) is 0 Å². The highest BCUT2D eigenvalue weighted by Gasteiger charge is 2.13. The standard InChI is InChI=1S/C20H16N6O/c1-2-26-16-8-5-11-21-19(16)18(25-26)13-9-10-17(22-12-13)27-20-23-14-6-3-4-7-15(14)24-20/h3-12H,2H2,1H3,(H,23,24). The predicted molar refractivity (Wildman–Crippen MR) is 103 cm³/mol. The van der Waals surface area contributed by atoms with Crippen molar-refractivity contribution in [1.82, 2.24) is 29.7 Å². The number of hydrogen-bond donors (Lipinski definition) is 1. The summed E-state index contributed by atoms with van der Waals surface area (Å²) in [5.41, 5.74) is 5.36. The molecule has 0 fully saturated rings. The maximum absolute atomic E-state index is 5.75. The Hall–Kier alpha value is -3.74. The van der Waals surface area contributed by atoms with Crippen molar-refractivity contribution in [2.75, 3.05) is 0 Å². The Kier molecular flexibility index (Phi) is 3.57. The highest BCUT2D eigenvalue weighted by molar-refractivity contribution is 5.89. The van der Waals surface area contributed by atoms with Crippen molar-refractivity contribution in [3.63, 3.8) is 0 Å². The molecule has 0 aliphatic carbocycles. The van der Waals surface area contributed by atoms with E-state index in [1.165, 1.54) is 0 Å². The van der Waals surface area contributed by atoms with Gasteiger partial charge >= 0.3 is 6.01 Å². The van der Waals surface area contributed by atoms with Crippen LogP contribution in [-0.4, -0.2) is 29.7 Å². The van der Waals surface area contributed by atoms with Crippen molar-refractivity contribution in [3.05, 3.63) is 60.9 Å². The quantitative estimate of drug-likeness (QED) is 0.522. The van der Waals surface area contributed by atoms with E-state index in [1.54, 1.807) is 12.4 Å². The Bertz CT molecular complexity index is 1210. The van der Waals surface area contributed by atoms with Crippen molar-refractivity contribution < 1.29 is 4.74 Å². The summed E-state index contributed by atoms with van der Waals surface area (Å²) in [6.07, 6.45) is 3.52. The van der Waals surface area contributed by atoms with Gasteiger partial charge in [-0.3, -0.25) is 9.67 Å². The SMILES string of the molecule is CCn1nc(-c2ccc(Oc3nc4ccccc4[nH]3)nc2)c2ncccc21. The summed E-state index contributed by atoms with van der Waals surface area (Å²) >= 11 is 0. The van der Waals surface area contributed by atoms with Gasteiger partial charge < -0.3 is 9.72 Å². The van der Waals surface area contributed by atoms with Crippen LogP contribution in [0.1, 0.15) is 6.92 Å². The normalized spacial score (nSPS) is 11.3.